The minimum Gasteiger partial charge on any atom is -0.360 e. The smallest absolute Gasteiger partial charge is 0.150 e. The van der Waals surface area contributed by atoms with E-state index in [9.17, 15) is 5.26 Å². The molecule has 0 amide bonds. The Labute approximate surface area is 133 Å². The first kappa shape index (κ1) is 14.2. The van der Waals surface area contributed by atoms with Crippen molar-refractivity contribution in [2.75, 3.05) is 5.32 Å². The highest BCUT2D eigenvalue weighted by Crippen LogP contribution is 2.21. The molecule has 0 unspecified atom stereocenters. The van der Waals surface area contributed by atoms with Gasteiger partial charge in [-0.1, -0.05) is 29.8 Å². The van der Waals surface area contributed by atoms with Gasteiger partial charge in [0.2, 0.25) is 0 Å². The molecule has 22 heavy (non-hydrogen) atoms. The van der Waals surface area contributed by atoms with Crippen LogP contribution in [-0.4, -0.2) is 9.97 Å². The molecule has 0 aliphatic rings. The van der Waals surface area contributed by atoms with E-state index in [0.29, 0.717) is 16.4 Å². The lowest BCUT2D eigenvalue weighted by Crippen LogP contribution is -1.93. The summed E-state index contributed by atoms with van der Waals surface area (Å²) in [7, 11) is 0. The van der Waals surface area contributed by atoms with Crippen molar-refractivity contribution < 1.29 is 0 Å². The Hall–Kier alpha value is -2.77. The Balaban J connectivity index is 1.90. The second kappa shape index (κ2) is 5.92. The number of anilines is 1. The van der Waals surface area contributed by atoms with E-state index in [1.54, 1.807) is 6.20 Å². The van der Waals surface area contributed by atoms with Crippen molar-refractivity contribution in [3.8, 4) is 6.07 Å². The molecule has 108 valence electrons. The predicted molar refractivity (Wildman–Crippen MR) is 89.5 cm³/mol. The lowest BCUT2D eigenvalue weighted by atomic mass is 10.2. The molecule has 0 aliphatic carbocycles. The molecule has 0 aliphatic heterocycles. The van der Waals surface area contributed by atoms with Crippen molar-refractivity contribution >= 4 is 33.9 Å². The van der Waals surface area contributed by atoms with Crippen LogP contribution in [0, 0.1) is 18.3 Å². The van der Waals surface area contributed by atoms with Crippen LogP contribution in [0.3, 0.4) is 0 Å². The number of fused-ring (bicyclic) bond motifs is 1. The van der Waals surface area contributed by atoms with Crippen molar-refractivity contribution in [1.29, 1.82) is 5.26 Å². The molecule has 0 bridgehead atoms. The predicted octanol–water partition coefficient (Wildman–Crippen LogP) is 4.50. The molecule has 3 rings (SSSR count). The second-order valence-corrected chi connectivity index (χ2v) is 5.29. The zero-order valence-electron chi connectivity index (χ0n) is 11.9. The average molecular weight is 309 g/mol. The third-order valence-electron chi connectivity index (χ3n) is 3.32. The van der Waals surface area contributed by atoms with Gasteiger partial charge < -0.3 is 10.3 Å². The molecule has 4 nitrogen and oxygen atoms in total. The highest BCUT2D eigenvalue weighted by Gasteiger charge is 2.07. The van der Waals surface area contributed by atoms with Gasteiger partial charge in [-0.25, -0.2) is 4.98 Å². The number of aromatic amines is 1. The van der Waals surface area contributed by atoms with Crippen LogP contribution in [0.25, 0.3) is 16.6 Å². The molecule has 0 saturated heterocycles. The molecular weight excluding hydrogens is 296 g/mol. The minimum absolute atomic E-state index is 0.424. The van der Waals surface area contributed by atoms with Gasteiger partial charge in [-0.05, 0) is 36.8 Å². The maximum Gasteiger partial charge on any atom is 0.150 e. The molecule has 1 aromatic heterocycles. The Kier molecular flexibility index (Phi) is 3.82. The number of hydrogen-bond donors (Lipinski definition) is 2. The summed E-state index contributed by atoms with van der Waals surface area (Å²) in [5.41, 5.74) is 3.98. The third-order valence-corrected chi connectivity index (χ3v) is 3.73. The maximum absolute atomic E-state index is 9.34. The SMILES string of the molecule is Cc1ccc(N/C=C(\C#N)c2nc3ccccc3[nH]2)cc1Cl. The molecule has 5 heteroatoms. The van der Waals surface area contributed by atoms with Crippen molar-refractivity contribution in [3.63, 3.8) is 0 Å². The van der Waals surface area contributed by atoms with Gasteiger partial charge in [0.1, 0.15) is 11.6 Å². The van der Waals surface area contributed by atoms with Crippen molar-refractivity contribution in [3.05, 3.63) is 65.1 Å². The summed E-state index contributed by atoms with van der Waals surface area (Å²) in [4.78, 5) is 7.55. The van der Waals surface area contributed by atoms with Gasteiger partial charge in [0.05, 0.1) is 11.0 Å². The highest BCUT2D eigenvalue weighted by molar-refractivity contribution is 6.31. The van der Waals surface area contributed by atoms with E-state index < -0.39 is 0 Å². The summed E-state index contributed by atoms with van der Waals surface area (Å²) in [6.45, 7) is 1.94. The fourth-order valence-corrected chi connectivity index (χ4v) is 2.25. The largest absolute Gasteiger partial charge is 0.360 e. The van der Waals surface area contributed by atoms with E-state index >= 15 is 0 Å². The van der Waals surface area contributed by atoms with Crippen LogP contribution >= 0.6 is 11.6 Å². The van der Waals surface area contributed by atoms with Gasteiger partial charge in [-0.3, -0.25) is 0 Å². The van der Waals surface area contributed by atoms with Gasteiger partial charge in [-0.15, -0.1) is 0 Å². The number of halogens is 1. The van der Waals surface area contributed by atoms with Gasteiger partial charge in [0.25, 0.3) is 0 Å². The lowest BCUT2D eigenvalue weighted by molar-refractivity contribution is 1.27. The highest BCUT2D eigenvalue weighted by atomic mass is 35.5. The molecule has 3 aromatic rings. The normalized spacial score (nSPS) is 11.4. The average Bonchev–Trinajstić information content (AvgIpc) is 2.95. The van der Waals surface area contributed by atoms with Gasteiger partial charge in [0, 0.05) is 16.9 Å². The van der Waals surface area contributed by atoms with Crippen LogP contribution in [0.4, 0.5) is 5.69 Å². The number of allylic oxidation sites excluding steroid dienone is 1. The number of nitrogens with zero attached hydrogens (tertiary/aromatic N) is 2. The number of para-hydroxylation sites is 2. The zero-order chi connectivity index (χ0) is 15.5. The molecule has 2 N–H and O–H groups in total. The first-order valence-electron chi connectivity index (χ1n) is 6.75. The van der Waals surface area contributed by atoms with E-state index in [2.05, 4.69) is 21.4 Å². The summed E-state index contributed by atoms with van der Waals surface area (Å²) in [6.07, 6.45) is 1.62. The summed E-state index contributed by atoms with van der Waals surface area (Å²) < 4.78 is 0. The number of nitriles is 1. The molecule has 0 radical (unpaired) electrons. The van der Waals surface area contributed by atoms with E-state index in [1.807, 2.05) is 49.4 Å². The molecule has 0 atom stereocenters. The molecule has 0 saturated carbocycles. The number of aromatic nitrogens is 2. The topological polar surface area (TPSA) is 64.5 Å². The van der Waals surface area contributed by atoms with Crippen molar-refractivity contribution in [2.45, 2.75) is 6.92 Å². The molecule has 0 fully saturated rings. The lowest BCUT2D eigenvalue weighted by Gasteiger charge is -2.04. The monoisotopic (exact) mass is 308 g/mol. The van der Waals surface area contributed by atoms with Gasteiger partial charge in [-0.2, -0.15) is 5.26 Å². The number of benzene rings is 2. The summed E-state index contributed by atoms with van der Waals surface area (Å²) in [5, 5.41) is 13.1. The van der Waals surface area contributed by atoms with Crippen LogP contribution in [0.15, 0.2) is 48.7 Å². The number of hydrogen-bond acceptors (Lipinski definition) is 3. The Bertz CT molecular complexity index is 869. The van der Waals surface area contributed by atoms with E-state index in [4.69, 9.17) is 11.6 Å². The van der Waals surface area contributed by atoms with Gasteiger partial charge in [0.15, 0.2) is 5.82 Å². The van der Waals surface area contributed by atoms with Crippen LogP contribution in [0.1, 0.15) is 11.4 Å². The van der Waals surface area contributed by atoms with E-state index in [-0.39, 0.29) is 0 Å². The molecule has 0 spiro atoms. The first-order valence-corrected chi connectivity index (χ1v) is 7.13. The number of rotatable bonds is 3. The summed E-state index contributed by atoms with van der Waals surface area (Å²) in [6, 6.07) is 15.5. The second-order valence-electron chi connectivity index (χ2n) is 4.88. The number of H-pyrrole nitrogens is 1. The standard InChI is InChI=1S/C17H13ClN4/c1-11-6-7-13(8-14(11)18)20-10-12(9-19)17-21-15-4-2-3-5-16(15)22-17/h2-8,10,20H,1H3,(H,21,22)/b12-10+. The van der Waals surface area contributed by atoms with Gasteiger partial charge >= 0.3 is 0 Å². The zero-order valence-corrected chi connectivity index (χ0v) is 12.6. The van der Waals surface area contributed by atoms with Crippen LogP contribution in [-0.2, 0) is 0 Å². The third kappa shape index (κ3) is 2.80. The molecular formula is C17H13ClN4. The molecule has 2 aromatic carbocycles. The number of aryl methyl sites for hydroxylation is 1. The Morgan fingerprint density at radius 2 is 2.14 bits per heavy atom. The fraction of sp³-hybridized carbons (Fsp3) is 0.0588. The summed E-state index contributed by atoms with van der Waals surface area (Å²) >= 11 is 6.09. The summed E-state index contributed by atoms with van der Waals surface area (Å²) in [5.74, 6) is 0.536. The first-order chi connectivity index (χ1) is 10.7. The number of imidazole rings is 1. The minimum atomic E-state index is 0.424. The van der Waals surface area contributed by atoms with Crippen LogP contribution in [0.2, 0.25) is 5.02 Å². The fourth-order valence-electron chi connectivity index (χ4n) is 2.07. The Morgan fingerprint density at radius 3 is 2.86 bits per heavy atom. The van der Waals surface area contributed by atoms with Crippen molar-refractivity contribution in [1.82, 2.24) is 9.97 Å². The quantitative estimate of drug-likeness (QED) is 0.700. The Morgan fingerprint density at radius 1 is 1.32 bits per heavy atom. The van der Waals surface area contributed by atoms with E-state index in [0.717, 1.165) is 22.3 Å². The van der Waals surface area contributed by atoms with Crippen molar-refractivity contribution in [2.24, 2.45) is 0 Å². The van der Waals surface area contributed by atoms with Crippen LogP contribution < -0.4 is 5.32 Å². The van der Waals surface area contributed by atoms with E-state index in [1.165, 1.54) is 0 Å². The van der Waals surface area contributed by atoms with Crippen LogP contribution in [0.5, 0.6) is 0 Å². The molecule has 1 heterocycles. The number of nitrogens with one attached hydrogen (secondary N) is 2. The maximum atomic E-state index is 9.34.